The first-order valence-corrected chi connectivity index (χ1v) is 3.56. The number of hydrazine groups is 1. The van der Waals surface area contributed by atoms with Crippen molar-refractivity contribution in [2.75, 3.05) is 19.6 Å². The van der Waals surface area contributed by atoms with Gasteiger partial charge in [0.05, 0.1) is 0 Å². The van der Waals surface area contributed by atoms with Crippen LogP contribution in [0.1, 0.15) is 13.3 Å². The van der Waals surface area contributed by atoms with E-state index in [0.717, 1.165) is 19.6 Å². The van der Waals surface area contributed by atoms with Crippen molar-refractivity contribution in [3.63, 3.8) is 0 Å². The molecule has 1 saturated heterocycles. The summed E-state index contributed by atoms with van der Waals surface area (Å²) in [5, 5.41) is 5.26. The van der Waals surface area contributed by atoms with E-state index in [1.165, 1.54) is 6.42 Å². The van der Waals surface area contributed by atoms with Crippen molar-refractivity contribution in [3.05, 3.63) is 0 Å². The Morgan fingerprint density at radius 3 is 3.00 bits per heavy atom. The van der Waals surface area contributed by atoms with Gasteiger partial charge in [-0.25, -0.2) is 5.01 Å². The van der Waals surface area contributed by atoms with Crippen LogP contribution in [0.15, 0.2) is 0 Å². The molecule has 0 aliphatic carbocycles. The third kappa shape index (κ3) is 1.93. The van der Waals surface area contributed by atoms with E-state index in [1.54, 1.807) is 0 Å². The molecule has 3 N–H and O–H groups in total. The lowest BCUT2D eigenvalue weighted by Crippen LogP contribution is -2.52. The number of hydrogen-bond acceptors (Lipinski definition) is 3. The monoisotopic (exact) mass is 129 g/mol. The van der Waals surface area contributed by atoms with Crippen LogP contribution in [0.2, 0.25) is 0 Å². The Labute approximate surface area is 56.2 Å². The van der Waals surface area contributed by atoms with Gasteiger partial charge in [0.15, 0.2) is 0 Å². The lowest BCUT2D eigenvalue weighted by atomic mass is 10.2. The minimum absolute atomic E-state index is 0.615. The van der Waals surface area contributed by atoms with E-state index < -0.39 is 0 Å². The molecule has 1 atom stereocenters. The van der Waals surface area contributed by atoms with Gasteiger partial charge >= 0.3 is 0 Å². The fourth-order valence-electron chi connectivity index (χ4n) is 1.12. The molecule has 0 amide bonds. The number of nitrogens with two attached hydrogens (primary N) is 1. The first-order chi connectivity index (χ1) is 4.33. The Bertz CT molecular complexity index is 84.4. The number of hydrogen-bond donors (Lipinski definition) is 2. The zero-order chi connectivity index (χ0) is 6.69. The predicted octanol–water partition coefficient (Wildman–Crippen LogP) is -0.456. The third-order valence-electron chi connectivity index (χ3n) is 1.78. The molecule has 1 fully saturated rings. The molecule has 54 valence electrons. The van der Waals surface area contributed by atoms with E-state index in [0.29, 0.717) is 6.04 Å². The van der Waals surface area contributed by atoms with Crippen LogP contribution >= 0.6 is 0 Å². The quantitative estimate of drug-likeness (QED) is 0.471. The first-order valence-electron chi connectivity index (χ1n) is 3.56. The van der Waals surface area contributed by atoms with Crippen LogP contribution < -0.4 is 11.2 Å². The Balaban J connectivity index is 2.23. The minimum atomic E-state index is 0.615. The van der Waals surface area contributed by atoms with E-state index in [-0.39, 0.29) is 0 Å². The van der Waals surface area contributed by atoms with E-state index in [9.17, 15) is 0 Å². The summed E-state index contributed by atoms with van der Waals surface area (Å²) in [7, 11) is 0. The predicted molar refractivity (Wildman–Crippen MR) is 37.8 cm³/mol. The molecule has 0 bridgehead atoms. The summed E-state index contributed by atoms with van der Waals surface area (Å²) in [5.74, 6) is 5.59. The maximum atomic E-state index is 5.59. The van der Waals surface area contributed by atoms with E-state index in [2.05, 4.69) is 12.2 Å². The van der Waals surface area contributed by atoms with Crippen LogP contribution in [0.25, 0.3) is 0 Å². The maximum Gasteiger partial charge on any atom is 0.0283 e. The molecule has 0 aromatic rings. The molecule has 1 heterocycles. The molecule has 3 nitrogen and oxygen atoms in total. The number of rotatable bonds is 1. The number of piperazine rings is 1. The highest BCUT2D eigenvalue weighted by Crippen LogP contribution is 1.96. The highest BCUT2D eigenvalue weighted by atomic mass is 15.4. The average Bonchev–Trinajstić information content (AvgIpc) is 1.88. The molecule has 0 aromatic carbocycles. The number of nitrogens with zero attached hydrogens (tertiary/aromatic N) is 1. The van der Waals surface area contributed by atoms with Crippen LogP contribution in [0.4, 0.5) is 0 Å². The molecule has 0 radical (unpaired) electrons. The second-order valence-corrected chi connectivity index (χ2v) is 2.55. The van der Waals surface area contributed by atoms with Gasteiger partial charge in [-0.1, -0.05) is 6.92 Å². The van der Waals surface area contributed by atoms with Crippen molar-refractivity contribution >= 4 is 0 Å². The summed E-state index contributed by atoms with van der Waals surface area (Å²) in [6.07, 6.45) is 1.17. The van der Waals surface area contributed by atoms with Crippen LogP contribution in [0.5, 0.6) is 0 Å². The highest BCUT2D eigenvalue weighted by Gasteiger charge is 2.13. The Hall–Kier alpha value is -0.120. The summed E-state index contributed by atoms with van der Waals surface area (Å²) in [5.41, 5.74) is 0. The van der Waals surface area contributed by atoms with Crippen molar-refractivity contribution in [1.82, 2.24) is 10.3 Å². The SMILES string of the molecule is CCC1CN(N)CCN1. The smallest absolute Gasteiger partial charge is 0.0283 e. The summed E-state index contributed by atoms with van der Waals surface area (Å²) < 4.78 is 0. The molecule has 3 heteroatoms. The molecule has 1 aliphatic heterocycles. The van der Waals surface area contributed by atoms with Crippen LogP contribution in [0, 0.1) is 0 Å². The Morgan fingerprint density at radius 1 is 1.78 bits per heavy atom. The molecular weight excluding hydrogens is 114 g/mol. The van der Waals surface area contributed by atoms with Gasteiger partial charge in [-0.2, -0.15) is 0 Å². The molecule has 1 unspecified atom stereocenters. The van der Waals surface area contributed by atoms with Gasteiger partial charge in [-0.05, 0) is 6.42 Å². The van der Waals surface area contributed by atoms with E-state index >= 15 is 0 Å². The van der Waals surface area contributed by atoms with Gasteiger partial charge < -0.3 is 5.32 Å². The maximum absolute atomic E-state index is 5.59. The molecule has 1 rings (SSSR count). The van der Waals surface area contributed by atoms with Crippen molar-refractivity contribution < 1.29 is 0 Å². The van der Waals surface area contributed by atoms with Crippen molar-refractivity contribution in [1.29, 1.82) is 0 Å². The van der Waals surface area contributed by atoms with E-state index in [4.69, 9.17) is 5.84 Å². The molecule has 0 saturated carbocycles. The molecule has 9 heavy (non-hydrogen) atoms. The topological polar surface area (TPSA) is 41.3 Å². The standard InChI is InChI=1S/C6H15N3/c1-2-6-5-9(7)4-3-8-6/h6,8H,2-5,7H2,1H3. The lowest BCUT2D eigenvalue weighted by Gasteiger charge is -2.29. The second-order valence-electron chi connectivity index (χ2n) is 2.55. The van der Waals surface area contributed by atoms with Crippen molar-refractivity contribution in [3.8, 4) is 0 Å². The number of nitrogens with one attached hydrogen (secondary N) is 1. The Morgan fingerprint density at radius 2 is 2.56 bits per heavy atom. The fraction of sp³-hybridized carbons (Fsp3) is 1.00. The average molecular weight is 129 g/mol. The molecule has 0 spiro atoms. The summed E-state index contributed by atoms with van der Waals surface area (Å²) in [4.78, 5) is 0. The van der Waals surface area contributed by atoms with Crippen molar-refractivity contribution in [2.45, 2.75) is 19.4 Å². The van der Waals surface area contributed by atoms with Gasteiger partial charge in [-0.3, -0.25) is 5.84 Å². The van der Waals surface area contributed by atoms with Crippen LogP contribution in [0.3, 0.4) is 0 Å². The zero-order valence-corrected chi connectivity index (χ0v) is 5.93. The molecule has 0 aromatic heterocycles. The first kappa shape index (κ1) is 6.99. The van der Waals surface area contributed by atoms with Crippen LogP contribution in [-0.2, 0) is 0 Å². The summed E-state index contributed by atoms with van der Waals surface area (Å²) in [6, 6.07) is 0.615. The van der Waals surface area contributed by atoms with Gasteiger partial charge in [0.1, 0.15) is 0 Å². The van der Waals surface area contributed by atoms with Gasteiger partial charge in [0.2, 0.25) is 0 Å². The fourth-order valence-corrected chi connectivity index (χ4v) is 1.12. The van der Waals surface area contributed by atoms with Crippen molar-refractivity contribution in [2.24, 2.45) is 5.84 Å². The third-order valence-corrected chi connectivity index (χ3v) is 1.78. The second kappa shape index (κ2) is 3.15. The van der Waals surface area contributed by atoms with Gasteiger partial charge in [-0.15, -0.1) is 0 Å². The summed E-state index contributed by atoms with van der Waals surface area (Å²) in [6.45, 7) is 5.19. The van der Waals surface area contributed by atoms with E-state index in [1.807, 2.05) is 5.01 Å². The summed E-state index contributed by atoms with van der Waals surface area (Å²) >= 11 is 0. The lowest BCUT2D eigenvalue weighted by molar-refractivity contribution is 0.201. The molecular formula is C6H15N3. The normalized spacial score (nSPS) is 30.7. The highest BCUT2D eigenvalue weighted by molar-refractivity contribution is 4.73. The largest absolute Gasteiger partial charge is 0.311 e. The molecule has 1 aliphatic rings. The Kier molecular flexibility index (Phi) is 2.45. The van der Waals surface area contributed by atoms with Gasteiger partial charge in [0, 0.05) is 25.7 Å². The van der Waals surface area contributed by atoms with Gasteiger partial charge in [0.25, 0.3) is 0 Å². The zero-order valence-electron chi connectivity index (χ0n) is 5.93. The minimum Gasteiger partial charge on any atom is -0.311 e. The van der Waals surface area contributed by atoms with Crippen LogP contribution in [-0.4, -0.2) is 30.7 Å².